The Morgan fingerprint density at radius 3 is 2.27 bits per heavy atom. The van der Waals surface area contributed by atoms with E-state index in [0.29, 0.717) is 5.92 Å². The maximum absolute atomic E-state index is 7.66. The summed E-state index contributed by atoms with van der Waals surface area (Å²) in [5, 5.41) is 7.66. The van der Waals surface area contributed by atoms with Crippen molar-refractivity contribution in [1.29, 1.82) is 5.41 Å². The molecule has 0 saturated carbocycles. The van der Waals surface area contributed by atoms with Gasteiger partial charge in [0, 0.05) is 5.71 Å². The molecule has 0 amide bonds. The highest BCUT2D eigenvalue weighted by Gasteiger charge is 2.08. The summed E-state index contributed by atoms with van der Waals surface area (Å²) < 4.78 is 0. The van der Waals surface area contributed by atoms with Crippen LogP contribution in [0.15, 0.2) is 11.6 Å². The first-order valence-corrected chi connectivity index (χ1v) is 4.41. The highest BCUT2D eigenvalue weighted by molar-refractivity contribution is 5.97. The molecule has 0 aromatic heterocycles. The molecule has 0 saturated heterocycles. The van der Waals surface area contributed by atoms with Crippen LogP contribution >= 0.6 is 0 Å². The highest BCUT2D eigenvalue weighted by atomic mass is 14.4. The minimum atomic E-state index is 0.549. The lowest BCUT2D eigenvalue weighted by atomic mass is 9.93. The lowest BCUT2D eigenvalue weighted by molar-refractivity contribution is 0.674. The van der Waals surface area contributed by atoms with Gasteiger partial charge in [0.15, 0.2) is 0 Å². The number of hydrogen-bond donors (Lipinski definition) is 1. The minimum Gasteiger partial charge on any atom is -0.305 e. The van der Waals surface area contributed by atoms with Crippen LogP contribution in [0.25, 0.3) is 0 Å². The van der Waals surface area contributed by atoms with Crippen molar-refractivity contribution in [3.05, 3.63) is 11.6 Å². The molecule has 0 aromatic carbocycles. The molecule has 1 N–H and O–H groups in total. The fourth-order valence-corrected chi connectivity index (χ4v) is 1.18. The zero-order chi connectivity index (χ0) is 8.85. The van der Waals surface area contributed by atoms with E-state index < -0.39 is 0 Å². The Morgan fingerprint density at radius 2 is 2.00 bits per heavy atom. The SMILES string of the molecule is C/C=C(/C(=N)CC)C(C)CC. The van der Waals surface area contributed by atoms with Crippen molar-refractivity contribution < 1.29 is 0 Å². The topological polar surface area (TPSA) is 23.9 Å². The summed E-state index contributed by atoms with van der Waals surface area (Å²) in [4.78, 5) is 0. The van der Waals surface area contributed by atoms with Crippen LogP contribution in [-0.4, -0.2) is 5.71 Å². The average molecular weight is 153 g/mol. The van der Waals surface area contributed by atoms with Crippen LogP contribution in [0, 0.1) is 11.3 Å². The van der Waals surface area contributed by atoms with E-state index in [-0.39, 0.29) is 0 Å². The van der Waals surface area contributed by atoms with Crippen molar-refractivity contribution in [3.8, 4) is 0 Å². The fraction of sp³-hybridized carbons (Fsp3) is 0.700. The molecule has 0 bridgehead atoms. The molecule has 0 aromatic rings. The molecule has 0 rings (SSSR count). The smallest absolute Gasteiger partial charge is 0.0342 e. The van der Waals surface area contributed by atoms with Gasteiger partial charge in [0.1, 0.15) is 0 Å². The lowest BCUT2D eigenvalue weighted by Gasteiger charge is -2.13. The van der Waals surface area contributed by atoms with Crippen LogP contribution in [0.2, 0.25) is 0 Å². The summed E-state index contributed by atoms with van der Waals surface area (Å²) in [5.41, 5.74) is 2.01. The standard InChI is InChI=1S/C10H19N/c1-5-8(4)9(6-2)10(11)7-3/h6,8,11H,5,7H2,1-4H3/b9-6+,11-10?. The molecule has 0 radical (unpaired) electrons. The van der Waals surface area contributed by atoms with Crippen LogP contribution in [0.1, 0.15) is 40.5 Å². The number of hydrogen-bond acceptors (Lipinski definition) is 1. The predicted octanol–water partition coefficient (Wildman–Crippen LogP) is 3.41. The minimum absolute atomic E-state index is 0.549. The molecule has 64 valence electrons. The highest BCUT2D eigenvalue weighted by Crippen LogP contribution is 2.16. The van der Waals surface area contributed by atoms with E-state index in [2.05, 4.69) is 19.9 Å². The monoisotopic (exact) mass is 153 g/mol. The Bertz CT molecular complexity index is 156. The van der Waals surface area contributed by atoms with Crippen LogP contribution in [0.5, 0.6) is 0 Å². The van der Waals surface area contributed by atoms with Crippen molar-refractivity contribution in [3.63, 3.8) is 0 Å². The second-order valence-corrected chi connectivity index (χ2v) is 2.89. The van der Waals surface area contributed by atoms with E-state index >= 15 is 0 Å². The normalized spacial score (nSPS) is 14.7. The summed E-state index contributed by atoms with van der Waals surface area (Å²) in [5.74, 6) is 0.549. The van der Waals surface area contributed by atoms with Crippen LogP contribution in [0.4, 0.5) is 0 Å². The maximum Gasteiger partial charge on any atom is 0.0342 e. The van der Waals surface area contributed by atoms with Gasteiger partial charge < -0.3 is 5.41 Å². The van der Waals surface area contributed by atoms with Gasteiger partial charge in [-0.2, -0.15) is 0 Å². The summed E-state index contributed by atoms with van der Waals surface area (Å²) in [6.07, 6.45) is 4.05. The molecule has 0 fully saturated rings. The van der Waals surface area contributed by atoms with Gasteiger partial charge in [-0.1, -0.05) is 26.8 Å². The Kier molecular flexibility index (Phi) is 4.84. The van der Waals surface area contributed by atoms with E-state index in [1.165, 1.54) is 5.57 Å². The third kappa shape index (κ3) is 2.87. The van der Waals surface area contributed by atoms with E-state index in [9.17, 15) is 0 Å². The quantitative estimate of drug-likeness (QED) is 0.598. The second-order valence-electron chi connectivity index (χ2n) is 2.89. The first kappa shape index (κ1) is 10.4. The summed E-state index contributed by atoms with van der Waals surface area (Å²) in [6.45, 7) is 8.40. The van der Waals surface area contributed by atoms with Crippen molar-refractivity contribution in [1.82, 2.24) is 0 Å². The zero-order valence-corrected chi connectivity index (χ0v) is 8.07. The third-order valence-corrected chi connectivity index (χ3v) is 2.16. The Labute approximate surface area is 70.0 Å². The van der Waals surface area contributed by atoms with Crippen molar-refractivity contribution >= 4 is 5.71 Å². The molecule has 11 heavy (non-hydrogen) atoms. The van der Waals surface area contributed by atoms with Crippen molar-refractivity contribution in [2.75, 3.05) is 0 Å². The average Bonchev–Trinajstić information content (AvgIpc) is 2.05. The van der Waals surface area contributed by atoms with Gasteiger partial charge in [0.05, 0.1) is 0 Å². The Balaban J connectivity index is 4.30. The maximum atomic E-state index is 7.66. The molecule has 1 unspecified atom stereocenters. The number of rotatable bonds is 4. The van der Waals surface area contributed by atoms with E-state index in [0.717, 1.165) is 18.6 Å². The first-order chi connectivity index (χ1) is 5.17. The van der Waals surface area contributed by atoms with Crippen LogP contribution in [-0.2, 0) is 0 Å². The van der Waals surface area contributed by atoms with Gasteiger partial charge >= 0.3 is 0 Å². The van der Waals surface area contributed by atoms with Gasteiger partial charge in [0.2, 0.25) is 0 Å². The molecule has 0 aliphatic carbocycles. The molecule has 1 atom stereocenters. The van der Waals surface area contributed by atoms with Crippen molar-refractivity contribution in [2.45, 2.75) is 40.5 Å². The number of allylic oxidation sites excluding steroid dienone is 2. The number of nitrogens with one attached hydrogen (secondary N) is 1. The van der Waals surface area contributed by atoms with Gasteiger partial charge in [-0.25, -0.2) is 0 Å². The Hall–Kier alpha value is -0.590. The molecular weight excluding hydrogens is 134 g/mol. The van der Waals surface area contributed by atoms with E-state index in [4.69, 9.17) is 5.41 Å². The van der Waals surface area contributed by atoms with E-state index in [1.54, 1.807) is 0 Å². The Morgan fingerprint density at radius 1 is 1.45 bits per heavy atom. The zero-order valence-electron chi connectivity index (χ0n) is 8.07. The lowest BCUT2D eigenvalue weighted by Crippen LogP contribution is -2.07. The molecule has 0 spiro atoms. The molecule has 1 nitrogen and oxygen atoms in total. The van der Waals surface area contributed by atoms with Crippen LogP contribution < -0.4 is 0 Å². The summed E-state index contributed by atoms with van der Waals surface area (Å²) in [7, 11) is 0. The predicted molar refractivity (Wildman–Crippen MR) is 51.2 cm³/mol. The third-order valence-electron chi connectivity index (χ3n) is 2.16. The van der Waals surface area contributed by atoms with Crippen molar-refractivity contribution in [2.24, 2.45) is 5.92 Å². The van der Waals surface area contributed by atoms with E-state index in [1.807, 2.05) is 13.8 Å². The second kappa shape index (κ2) is 5.11. The molecule has 0 aliphatic rings. The first-order valence-electron chi connectivity index (χ1n) is 4.41. The van der Waals surface area contributed by atoms with Gasteiger partial charge in [-0.05, 0) is 31.3 Å². The molecule has 0 heterocycles. The molecule has 1 heteroatoms. The fourth-order valence-electron chi connectivity index (χ4n) is 1.18. The van der Waals surface area contributed by atoms with Gasteiger partial charge in [0.25, 0.3) is 0 Å². The summed E-state index contributed by atoms with van der Waals surface area (Å²) in [6, 6.07) is 0. The molecular formula is C10H19N. The largest absolute Gasteiger partial charge is 0.305 e. The van der Waals surface area contributed by atoms with Gasteiger partial charge in [-0.3, -0.25) is 0 Å². The summed E-state index contributed by atoms with van der Waals surface area (Å²) >= 11 is 0. The van der Waals surface area contributed by atoms with Gasteiger partial charge in [-0.15, -0.1) is 0 Å². The molecule has 0 aliphatic heterocycles. The van der Waals surface area contributed by atoms with Crippen LogP contribution in [0.3, 0.4) is 0 Å².